The summed E-state index contributed by atoms with van der Waals surface area (Å²) in [6.07, 6.45) is 7.44. The lowest BCUT2D eigenvalue weighted by Gasteiger charge is -2.29. The monoisotopic (exact) mass is 429 g/mol. The third-order valence-corrected chi connectivity index (χ3v) is 7.51. The zero-order valence-electron chi connectivity index (χ0n) is 17.7. The predicted molar refractivity (Wildman–Crippen MR) is 119 cm³/mol. The van der Waals surface area contributed by atoms with Gasteiger partial charge in [0.05, 0.1) is 17.0 Å². The molecular weight excluding hydrogens is 400 g/mol. The van der Waals surface area contributed by atoms with Gasteiger partial charge in [0.25, 0.3) is 5.91 Å². The van der Waals surface area contributed by atoms with Gasteiger partial charge in [-0.2, -0.15) is 5.10 Å². The van der Waals surface area contributed by atoms with E-state index < -0.39 is 6.17 Å². The molecule has 1 N–H and O–H groups in total. The third-order valence-electron chi connectivity index (χ3n) is 5.82. The number of pyridine rings is 1. The van der Waals surface area contributed by atoms with E-state index >= 15 is 0 Å². The highest BCUT2D eigenvalue weighted by Gasteiger charge is 2.25. The number of hydrogen-bond donors (Lipinski definition) is 1. The highest BCUT2D eigenvalue weighted by molar-refractivity contribution is 7.47. The average Bonchev–Trinajstić information content (AvgIpc) is 3.33. The third kappa shape index (κ3) is 4.41. The van der Waals surface area contributed by atoms with Crippen molar-refractivity contribution in [3.63, 3.8) is 0 Å². The number of rotatable bonds is 6. The van der Waals surface area contributed by atoms with Crippen molar-refractivity contribution in [2.45, 2.75) is 63.8 Å². The summed E-state index contributed by atoms with van der Waals surface area (Å²) in [6, 6.07) is 6.26. The summed E-state index contributed by atoms with van der Waals surface area (Å²) in [5, 5.41) is 7.57. The lowest BCUT2D eigenvalue weighted by Crippen LogP contribution is -2.38. The zero-order chi connectivity index (χ0) is 21.3. The topological polar surface area (TPSA) is 64.2 Å². The Morgan fingerprint density at radius 3 is 2.77 bits per heavy atom. The molecule has 1 aliphatic carbocycles. The first-order valence-corrected chi connectivity index (χ1v) is 11.7. The van der Waals surface area contributed by atoms with Crippen LogP contribution in [0.15, 0.2) is 30.6 Å². The summed E-state index contributed by atoms with van der Waals surface area (Å²) in [5.41, 5.74) is 4.61. The van der Waals surface area contributed by atoms with Gasteiger partial charge in [-0.1, -0.05) is 21.6 Å². The molecule has 2 atom stereocenters. The number of nitrogens with zero attached hydrogens (tertiary/aromatic N) is 4. The van der Waals surface area contributed by atoms with Crippen LogP contribution >= 0.6 is 8.58 Å². The zero-order valence-corrected chi connectivity index (χ0v) is 18.7. The minimum Gasteiger partial charge on any atom is -0.349 e. The van der Waals surface area contributed by atoms with E-state index in [2.05, 4.69) is 21.5 Å². The Balaban J connectivity index is 1.36. The smallest absolute Gasteiger partial charge is 0.254 e. The van der Waals surface area contributed by atoms with E-state index in [0.29, 0.717) is 25.5 Å². The number of hydrogen-bond acceptors (Lipinski definition) is 3. The number of imidazole rings is 1. The Hall–Kier alpha value is -2.27. The number of fused-ring (bicyclic) bond motifs is 1. The fraction of sp³-hybridized carbons (Fsp3) is 0.500. The van der Waals surface area contributed by atoms with E-state index in [0.717, 1.165) is 43.4 Å². The molecule has 0 aliphatic heterocycles. The number of aryl methyl sites for hydroxylation is 2. The number of nitrogens with one attached hydrogen (secondary N) is 1. The Kier molecular flexibility index (Phi) is 6.19. The summed E-state index contributed by atoms with van der Waals surface area (Å²) < 4.78 is 17.4. The molecule has 3 heterocycles. The molecule has 1 amide bonds. The van der Waals surface area contributed by atoms with E-state index in [4.69, 9.17) is 0 Å². The lowest BCUT2D eigenvalue weighted by atomic mass is 9.94. The van der Waals surface area contributed by atoms with Crippen LogP contribution < -0.4 is 10.8 Å². The molecule has 160 valence electrons. The van der Waals surface area contributed by atoms with Gasteiger partial charge in [-0.25, -0.2) is 9.37 Å². The van der Waals surface area contributed by atoms with E-state index in [1.807, 2.05) is 36.7 Å². The summed E-state index contributed by atoms with van der Waals surface area (Å²) >= 11 is 0. The van der Waals surface area contributed by atoms with Gasteiger partial charge in [-0.3, -0.25) is 13.9 Å². The molecule has 3 aromatic rings. The Labute approximate surface area is 178 Å². The van der Waals surface area contributed by atoms with Crippen molar-refractivity contribution in [3.05, 3.63) is 47.5 Å². The van der Waals surface area contributed by atoms with Gasteiger partial charge in [-0.05, 0) is 56.8 Å². The second kappa shape index (κ2) is 8.84. The molecule has 6 nitrogen and oxygen atoms in total. The number of amides is 1. The highest BCUT2D eigenvalue weighted by atomic mass is 31.1. The number of carbonyl (C=O) groups excluding carboxylic acids is 1. The molecule has 30 heavy (non-hydrogen) atoms. The van der Waals surface area contributed by atoms with Gasteiger partial charge in [0.1, 0.15) is 11.8 Å². The van der Waals surface area contributed by atoms with Crippen LogP contribution in [0.3, 0.4) is 0 Å². The molecule has 8 heteroatoms. The van der Waals surface area contributed by atoms with Crippen molar-refractivity contribution in [1.29, 1.82) is 0 Å². The second-order valence-electron chi connectivity index (χ2n) is 8.10. The number of alkyl halides is 1. The van der Waals surface area contributed by atoms with E-state index in [1.165, 1.54) is 12.4 Å². The van der Waals surface area contributed by atoms with Crippen molar-refractivity contribution in [2.75, 3.05) is 0 Å². The largest absolute Gasteiger partial charge is 0.349 e. The maximum atomic E-state index is 13.7. The molecule has 4 rings (SSSR count). The number of halogens is 1. The molecule has 0 spiro atoms. The van der Waals surface area contributed by atoms with Crippen molar-refractivity contribution in [3.8, 4) is 0 Å². The van der Waals surface area contributed by atoms with Gasteiger partial charge in [-0.15, -0.1) is 0 Å². The number of aromatic nitrogens is 4. The lowest BCUT2D eigenvalue weighted by molar-refractivity contribution is 0.0927. The van der Waals surface area contributed by atoms with Crippen LogP contribution in [0.1, 0.15) is 67.4 Å². The first-order chi connectivity index (χ1) is 14.4. The Morgan fingerprint density at radius 2 is 2.07 bits per heavy atom. The fourth-order valence-electron chi connectivity index (χ4n) is 4.18. The summed E-state index contributed by atoms with van der Waals surface area (Å²) in [5.74, 6) is -0.0121. The van der Waals surface area contributed by atoms with Gasteiger partial charge in [0.15, 0.2) is 0 Å². The SMILES string of the molecule is CCc1nn(C)cc1C(=O)NC1CCC(Pc2cccc3nc(C(C)F)cn23)CC1. The second-order valence-corrected chi connectivity index (χ2v) is 9.72. The molecule has 1 fully saturated rings. The van der Waals surface area contributed by atoms with E-state index in [-0.39, 0.29) is 11.9 Å². The van der Waals surface area contributed by atoms with Gasteiger partial charge < -0.3 is 5.32 Å². The van der Waals surface area contributed by atoms with Gasteiger partial charge >= 0.3 is 0 Å². The normalized spacial score (nSPS) is 20.8. The molecule has 1 aliphatic rings. The minimum atomic E-state index is -1.06. The van der Waals surface area contributed by atoms with Gasteiger partial charge in [0, 0.05) is 30.9 Å². The van der Waals surface area contributed by atoms with E-state index in [9.17, 15) is 9.18 Å². The van der Waals surface area contributed by atoms with Crippen molar-refractivity contribution in [1.82, 2.24) is 24.5 Å². The fourth-order valence-corrected chi connectivity index (χ4v) is 5.73. The van der Waals surface area contributed by atoms with Crippen LogP contribution in [0.4, 0.5) is 4.39 Å². The number of carbonyl (C=O) groups is 1. The van der Waals surface area contributed by atoms with Crippen molar-refractivity contribution in [2.24, 2.45) is 7.05 Å². The molecule has 1 saturated carbocycles. The van der Waals surface area contributed by atoms with Crippen LogP contribution in [0, 0.1) is 0 Å². The van der Waals surface area contributed by atoms with Crippen molar-refractivity contribution >= 4 is 25.6 Å². The Bertz CT molecular complexity index is 1040. The highest BCUT2D eigenvalue weighted by Crippen LogP contribution is 2.33. The molecular formula is C22H29FN5OP. The van der Waals surface area contributed by atoms with Gasteiger partial charge in [0.2, 0.25) is 0 Å². The first kappa shape index (κ1) is 21.0. The average molecular weight is 429 g/mol. The predicted octanol–water partition coefficient (Wildman–Crippen LogP) is 3.71. The van der Waals surface area contributed by atoms with Crippen LogP contribution in [-0.2, 0) is 13.5 Å². The molecule has 0 radical (unpaired) electrons. The maximum Gasteiger partial charge on any atom is 0.254 e. The molecule has 3 aromatic heterocycles. The van der Waals surface area contributed by atoms with Crippen LogP contribution in [-0.4, -0.2) is 36.8 Å². The van der Waals surface area contributed by atoms with Crippen LogP contribution in [0.5, 0.6) is 0 Å². The Morgan fingerprint density at radius 1 is 1.30 bits per heavy atom. The minimum absolute atomic E-state index is 0.0121. The van der Waals surface area contributed by atoms with Crippen molar-refractivity contribution < 1.29 is 9.18 Å². The van der Waals surface area contributed by atoms with E-state index in [1.54, 1.807) is 10.9 Å². The molecule has 0 saturated heterocycles. The van der Waals surface area contributed by atoms with Crippen LogP contribution in [0.2, 0.25) is 0 Å². The molecule has 0 aromatic carbocycles. The summed E-state index contributed by atoms with van der Waals surface area (Å²) in [7, 11) is 2.50. The molecule has 0 bridgehead atoms. The summed E-state index contributed by atoms with van der Waals surface area (Å²) in [6.45, 7) is 3.54. The first-order valence-electron chi connectivity index (χ1n) is 10.7. The van der Waals surface area contributed by atoms with Crippen LogP contribution in [0.25, 0.3) is 5.65 Å². The summed E-state index contributed by atoms with van der Waals surface area (Å²) in [4.78, 5) is 17.1. The maximum absolute atomic E-state index is 13.7. The standard InChI is InChI=1S/C22H29FN5OP/c1-4-18-17(12-27(3)26-18)22(29)24-15-8-10-16(11-9-15)30-21-7-5-6-20-25-19(14(2)23)13-28(20)21/h5-7,12-16,30H,4,8-11H2,1-3H3,(H,24,29). The quantitative estimate of drug-likeness (QED) is 0.608. The molecule has 2 unspecified atom stereocenters.